The second kappa shape index (κ2) is 8.14. The molecule has 0 aliphatic heterocycles. The Hall–Kier alpha value is -2.67. The van der Waals surface area contributed by atoms with Crippen LogP contribution < -0.4 is 5.73 Å². The monoisotopic (exact) mass is 370 g/mol. The van der Waals surface area contributed by atoms with Gasteiger partial charge in [-0.3, -0.25) is 9.36 Å². The van der Waals surface area contributed by atoms with Crippen molar-refractivity contribution in [2.75, 3.05) is 0 Å². The SMILES string of the molecule is CCC(Sc1nnc(-c2ccc(F)cc2)n1Cc1ccccc1)C(N)=O. The van der Waals surface area contributed by atoms with Crippen LogP contribution in [0.15, 0.2) is 59.8 Å². The Morgan fingerprint density at radius 1 is 1.15 bits per heavy atom. The van der Waals surface area contributed by atoms with Gasteiger partial charge in [0.05, 0.1) is 11.8 Å². The van der Waals surface area contributed by atoms with Crippen LogP contribution in [-0.2, 0) is 11.3 Å². The Kier molecular flexibility index (Phi) is 5.68. The number of nitrogens with zero attached hydrogens (tertiary/aromatic N) is 3. The topological polar surface area (TPSA) is 73.8 Å². The van der Waals surface area contributed by atoms with E-state index >= 15 is 0 Å². The number of primary amides is 1. The number of benzene rings is 2. The van der Waals surface area contributed by atoms with Gasteiger partial charge in [0, 0.05) is 5.56 Å². The first-order valence-electron chi connectivity index (χ1n) is 8.27. The van der Waals surface area contributed by atoms with Crippen LogP contribution in [0, 0.1) is 5.82 Å². The lowest BCUT2D eigenvalue weighted by atomic mass is 10.2. The van der Waals surface area contributed by atoms with Gasteiger partial charge in [-0.25, -0.2) is 4.39 Å². The van der Waals surface area contributed by atoms with E-state index in [0.717, 1.165) is 11.1 Å². The summed E-state index contributed by atoms with van der Waals surface area (Å²) >= 11 is 1.30. The van der Waals surface area contributed by atoms with Crippen molar-refractivity contribution in [2.45, 2.75) is 30.3 Å². The summed E-state index contributed by atoms with van der Waals surface area (Å²) in [5, 5.41) is 8.76. The van der Waals surface area contributed by atoms with Gasteiger partial charge in [0.2, 0.25) is 5.91 Å². The number of aromatic nitrogens is 3. The summed E-state index contributed by atoms with van der Waals surface area (Å²) in [4.78, 5) is 11.6. The first kappa shape index (κ1) is 18.1. The highest BCUT2D eigenvalue weighted by molar-refractivity contribution is 8.00. The fraction of sp³-hybridized carbons (Fsp3) is 0.211. The second-order valence-electron chi connectivity index (χ2n) is 5.80. The third-order valence-corrected chi connectivity index (χ3v) is 5.30. The highest BCUT2D eigenvalue weighted by Gasteiger charge is 2.21. The number of thioether (sulfide) groups is 1. The van der Waals surface area contributed by atoms with Crippen LogP contribution in [0.2, 0.25) is 0 Å². The lowest BCUT2D eigenvalue weighted by molar-refractivity contribution is -0.117. The van der Waals surface area contributed by atoms with Crippen molar-refractivity contribution in [2.24, 2.45) is 5.73 Å². The minimum atomic E-state index is -0.380. The lowest BCUT2D eigenvalue weighted by Crippen LogP contribution is -2.25. The van der Waals surface area contributed by atoms with Crippen LogP contribution in [0.4, 0.5) is 4.39 Å². The molecule has 7 heteroatoms. The van der Waals surface area contributed by atoms with Crippen LogP contribution in [0.25, 0.3) is 11.4 Å². The smallest absolute Gasteiger partial charge is 0.231 e. The summed E-state index contributed by atoms with van der Waals surface area (Å²) in [5.41, 5.74) is 7.31. The summed E-state index contributed by atoms with van der Waals surface area (Å²) < 4.78 is 15.2. The van der Waals surface area contributed by atoms with Crippen LogP contribution >= 0.6 is 11.8 Å². The quantitative estimate of drug-likeness (QED) is 0.646. The Bertz CT molecular complexity index is 880. The zero-order chi connectivity index (χ0) is 18.5. The normalized spacial score (nSPS) is 12.1. The van der Waals surface area contributed by atoms with Crippen molar-refractivity contribution in [3.8, 4) is 11.4 Å². The highest BCUT2D eigenvalue weighted by Crippen LogP contribution is 2.29. The zero-order valence-corrected chi connectivity index (χ0v) is 15.1. The molecule has 134 valence electrons. The van der Waals surface area contributed by atoms with Crippen molar-refractivity contribution in [3.63, 3.8) is 0 Å². The van der Waals surface area contributed by atoms with Crippen molar-refractivity contribution in [3.05, 3.63) is 66.0 Å². The van der Waals surface area contributed by atoms with E-state index in [-0.39, 0.29) is 17.0 Å². The molecule has 1 aromatic heterocycles. The maximum atomic E-state index is 13.3. The Morgan fingerprint density at radius 3 is 2.46 bits per heavy atom. The molecule has 2 aromatic carbocycles. The molecule has 1 amide bonds. The molecule has 0 saturated carbocycles. The minimum Gasteiger partial charge on any atom is -0.369 e. The predicted octanol–water partition coefficient (Wildman–Crippen LogP) is 3.49. The molecule has 3 rings (SSSR count). The van der Waals surface area contributed by atoms with Crippen LogP contribution in [0.5, 0.6) is 0 Å². The highest BCUT2D eigenvalue weighted by atomic mass is 32.2. The standard InChI is InChI=1S/C19H19FN4OS/c1-2-16(17(21)25)26-19-23-22-18(14-8-10-15(20)11-9-14)24(19)12-13-6-4-3-5-7-13/h3-11,16H,2,12H2,1H3,(H2,21,25). The summed E-state index contributed by atoms with van der Waals surface area (Å²) in [7, 11) is 0. The van der Waals surface area contributed by atoms with E-state index < -0.39 is 0 Å². The number of amides is 1. The Morgan fingerprint density at radius 2 is 1.85 bits per heavy atom. The summed E-state index contributed by atoms with van der Waals surface area (Å²) in [6.45, 7) is 2.44. The molecule has 0 aliphatic rings. The number of halogens is 1. The van der Waals surface area contributed by atoms with Gasteiger partial charge in [0.1, 0.15) is 5.82 Å². The number of rotatable bonds is 7. The summed E-state index contributed by atoms with van der Waals surface area (Å²) in [6.07, 6.45) is 0.601. The van der Waals surface area contributed by atoms with Gasteiger partial charge in [-0.1, -0.05) is 49.0 Å². The van der Waals surface area contributed by atoms with Crippen molar-refractivity contribution < 1.29 is 9.18 Å². The molecule has 0 spiro atoms. The largest absolute Gasteiger partial charge is 0.369 e. The number of hydrogen-bond donors (Lipinski definition) is 1. The van der Waals surface area contributed by atoms with Gasteiger partial charge in [-0.05, 0) is 36.2 Å². The van der Waals surface area contributed by atoms with E-state index in [1.807, 2.05) is 41.8 Å². The third kappa shape index (κ3) is 4.11. The molecule has 0 radical (unpaired) electrons. The molecular weight excluding hydrogens is 351 g/mol. The molecular formula is C19H19FN4OS. The molecule has 0 bridgehead atoms. The minimum absolute atomic E-state index is 0.308. The zero-order valence-electron chi connectivity index (χ0n) is 14.3. The summed E-state index contributed by atoms with van der Waals surface area (Å²) in [5.74, 6) is -0.0666. The van der Waals surface area contributed by atoms with E-state index in [2.05, 4.69) is 10.2 Å². The number of carbonyl (C=O) groups excluding carboxylic acids is 1. The molecule has 1 atom stereocenters. The van der Waals surface area contributed by atoms with Gasteiger partial charge in [0.25, 0.3) is 0 Å². The second-order valence-corrected chi connectivity index (χ2v) is 6.97. The summed E-state index contributed by atoms with van der Waals surface area (Å²) in [6, 6.07) is 16.0. The molecule has 0 aliphatic carbocycles. The number of hydrogen-bond acceptors (Lipinski definition) is 4. The molecule has 0 fully saturated rings. The molecule has 1 heterocycles. The molecule has 26 heavy (non-hydrogen) atoms. The van der Waals surface area contributed by atoms with Gasteiger partial charge in [-0.15, -0.1) is 10.2 Å². The van der Waals surface area contributed by atoms with E-state index in [1.54, 1.807) is 12.1 Å². The van der Waals surface area contributed by atoms with Crippen LogP contribution in [-0.4, -0.2) is 25.9 Å². The first-order chi connectivity index (χ1) is 12.6. The van der Waals surface area contributed by atoms with E-state index in [1.165, 1.54) is 23.9 Å². The molecule has 5 nitrogen and oxygen atoms in total. The fourth-order valence-corrected chi connectivity index (χ4v) is 3.47. The maximum absolute atomic E-state index is 13.3. The van der Waals surface area contributed by atoms with Crippen molar-refractivity contribution in [1.29, 1.82) is 0 Å². The fourth-order valence-electron chi connectivity index (χ4n) is 2.57. The third-order valence-electron chi connectivity index (χ3n) is 3.94. The maximum Gasteiger partial charge on any atom is 0.231 e. The van der Waals surface area contributed by atoms with Gasteiger partial charge in [-0.2, -0.15) is 0 Å². The van der Waals surface area contributed by atoms with Crippen molar-refractivity contribution in [1.82, 2.24) is 14.8 Å². The molecule has 2 N–H and O–H groups in total. The average molecular weight is 370 g/mol. The Labute approximate surface area is 155 Å². The Balaban J connectivity index is 2.01. The lowest BCUT2D eigenvalue weighted by Gasteiger charge is -2.13. The van der Waals surface area contributed by atoms with E-state index in [4.69, 9.17) is 5.73 Å². The van der Waals surface area contributed by atoms with Crippen LogP contribution in [0.3, 0.4) is 0 Å². The average Bonchev–Trinajstić information content (AvgIpc) is 3.03. The van der Waals surface area contributed by atoms with E-state index in [0.29, 0.717) is 23.9 Å². The molecule has 1 unspecified atom stereocenters. The molecule has 0 saturated heterocycles. The van der Waals surface area contributed by atoms with Gasteiger partial charge >= 0.3 is 0 Å². The first-order valence-corrected chi connectivity index (χ1v) is 9.15. The molecule has 3 aromatic rings. The van der Waals surface area contributed by atoms with Crippen LogP contribution in [0.1, 0.15) is 18.9 Å². The van der Waals surface area contributed by atoms with Crippen molar-refractivity contribution >= 4 is 17.7 Å². The van der Waals surface area contributed by atoms with Gasteiger partial charge < -0.3 is 5.73 Å². The van der Waals surface area contributed by atoms with E-state index in [9.17, 15) is 9.18 Å². The van der Waals surface area contributed by atoms with Gasteiger partial charge in [0.15, 0.2) is 11.0 Å². The predicted molar refractivity (Wildman–Crippen MR) is 100 cm³/mol. The number of carbonyl (C=O) groups is 1. The number of nitrogens with two attached hydrogens (primary N) is 1.